The quantitative estimate of drug-likeness (QED) is 0.620. The fraction of sp³-hybridized carbons (Fsp3) is 0.400. The van der Waals surface area contributed by atoms with Crippen molar-refractivity contribution in [1.29, 1.82) is 0 Å². The lowest BCUT2D eigenvalue weighted by molar-refractivity contribution is -0.00540. The molecule has 3 heterocycles. The van der Waals surface area contributed by atoms with E-state index in [9.17, 15) is 4.79 Å². The predicted octanol–water partition coefficient (Wildman–Crippen LogP) is 4.34. The van der Waals surface area contributed by atoms with Crippen LogP contribution in [0.4, 0.5) is 10.1 Å². The van der Waals surface area contributed by atoms with Gasteiger partial charge >= 0.3 is 0 Å². The Balaban J connectivity index is 1.74. The predicted molar refractivity (Wildman–Crippen MR) is 124 cm³/mol. The zero-order valence-electron chi connectivity index (χ0n) is 19.6. The minimum Gasteiger partial charge on any atom is -0.372 e. The summed E-state index contributed by atoms with van der Waals surface area (Å²) in [5.74, 6) is -0.705. The molecule has 0 radical (unpaired) electrons. The Kier molecular flexibility index (Phi) is 6.47. The maximum absolute atomic E-state index is 16.1. The van der Waals surface area contributed by atoms with Gasteiger partial charge in [0, 0.05) is 36.6 Å². The lowest BCUT2D eigenvalue weighted by atomic mass is 9.97. The zero-order chi connectivity index (χ0) is 23.7. The maximum atomic E-state index is 16.1. The molecule has 0 bridgehead atoms. The molecule has 1 saturated heterocycles. The van der Waals surface area contributed by atoms with E-state index in [-0.39, 0.29) is 30.5 Å². The molecule has 0 aliphatic carbocycles. The molecule has 1 fully saturated rings. The third-order valence-electron chi connectivity index (χ3n) is 5.80. The molecule has 1 amide bonds. The summed E-state index contributed by atoms with van der Waals surface area (Å²) >= 11 is 0. The van der Waals surface area contributed by atoms with Gasteiger partial charge in [-0.15, -0.1) is 0 Å². The summed E-state index contributed by atoms with van der Waals surface area (Å²) in [6, 6.07) is 7.59. The van der Waals surface area contributed by atoms with Gasteiger partial charge in [-0.2, -0.15) is 0 Å². The van der Waals surface area contributed by atoms with E-state index in [0.717, 1.165) is 22.5 Å². The van der Waals surface area contributed by atoms with Gasteiger partial charge in [0.2, 0.25) is 0 Å². The average molecular weight is 453 g/mol. The zero-order valence-corrected chi connectivity index (χ0v) is 19.6. The van der Waals surface area contributed by atoms with Crippen LogP contribution in [0.5, 0.6) is 0 Å². The number of aryl methyl sites for hydroxylation is 3. The third-order valence-corrected chi connectivity index (χ3v) is 5.80. The Hall–Kier alpha value is -3.26. The van der Waals surface area contributed by atoms with E-state index < -0.39 is 0 Å². The number of rotatable bonds is 5. The topological polar surface area (TPSA) is 80.5 Å². The van der Waals surface area contributed by atoms with Crippen LogP contribution in [0.15, 0.2) is 35.1 Å². The first kappa shape index (κ1) is 22.9. The number of anilines is 1. The first-order valence-corrected chi connectivity index (χ1v) is 11.1. The van der Waals surface area contributed by atoms with Crippen molar-refractivity contribution in [2.45, 2.75) is 53.4 Å². The van der Waals surface area contributed by atoms with Crippen LogP contribution in [0.2, 0.25) is 0 Å². The number of hydrogen-bond donors (Lipinski definition) is 1. The molecule has 0 spiro atoms. The number of nitrogens with one attached hydrogen (secondary N) is 1. The largest absolute Gasteiger partial charge is 0.372 e. The molecule has 3 aromatic rings. The molecule has 2 unspecified atom stereocenters. The Bertz CT molecular complexity index is 1150. The molecule has 2 aromatic heterocycles. The minimum atomic E-state index is -0.361. The Morgan fingerprint density at radius 2 is 1.82 bits per heavy atom. The first-order valence-electron chi connectivity index (χ1n) is 11.1. The molecule has 174 valence electrons. The number of amides is 1. The first-order chi connectivity index (χ1) is 15.7. The van der Waals surface area contributed by atoms with Crippen LogP contribution in [0.3, 0.4) is 0 Å². The van der Waals surface area contributed by atoms with Crippen LogP contribution in [0.1, 0.15) is 46.9 Å². The number of nitrogens with zero attached hydrogens (tertiary/aromatic N) is 3. The lowest BCUT2D eigenvalue weighted by Gasteiger charge is -2.37. The summed E-state index contributed by atoms with van der Waals surface area (Å²) in [6.07, 6.45) is 1.29. The van der Waals surface area contributed by atoms with Gasteiger partial charge < -0.3 is 19.5 Å². The molecule has 1 N–H and O–H groups in total. The highest BCUT2D eigenvalue weighted by Crippen LogP contribution is 2.33. The second-order valence-electron chi connectivity index (χ2n) is 8.72. The molecule has 0 saturated carbocycles. The van der Waals surface area contributed by atoms with Crippen LogP contribution in [-0.2, 0) is 11.3 Å². The van der Waals surface area contributed by atoms with Gasteiger partial charge in [0.15, 0.2) is 5.82 Å². The van der Waals surface area contributed by atoms with E-state index in [0.29, 0.717) is 35.6 Å². The third kappa shape index (κ3) is 4.90. The Labute approximate surface area is 192 Å². The number of morpholine rings is 1. The van der Waals surface area contributed by atoms with E-state index in [2.05, 4.69) is 15.5 Å². The fourth-order valence-electron chi connectivity index (χ4n) is 4.44. The highest BCUT2D eigenvalue weighted by molar-refractivity contribution is 5.94. The highest BCUT2D eigenvalue weighted by Gasteiger charge is 2.26. The van der Waals surface area contributed by atoms with E-state index in [1.54, 1.807) is 6.92 Å². The highest BCUT2D eigenvalue weighted by atomic mass is 19.1. The van der Waals surface area contributed by atoms with E-state index in [1.165, 1.54) is 6.26 Å². The molecule has 8 heteroatoms. The van der Waals surface area contributed by atoms with Crippen molar-refractivity contribution < 1.29 is 18.4 Å². The number of carbonyl (C=O) groups excluding carboxylic acids is 1. The number of ether oxygens (including phenoxy) is 1. The van der Waals surface area contributed by atoms with Crippen LogP contribution in [0.25, 0.3) is 11.1 Å². The van der Waals surface area contributed by atoms with Gasteiger partial charge in [-0.3, -0.25) is 9.78 Å². The summed E-state index contributed by atoms with van der Waals surface area (Å²) in [5, 5.41) is 6.58. The summed E-state index contributed by atoms with van der Waals surface area (Å²) in [4.78, 5) is 19.1. The number of pyridine rings is 1. The maximum Gasteiger partial charge on any atom is 0.256 e. The number of benzene rings is 1. The Morgan fingerprint density at radius 3 is 2.42 bits per heavy atom. The van der Waals surface area contributed by atoms with E-state index in [4.69, 9.17) is 9.26 Å². The second-order valence-corrected chi connectivity index (χ2v) is 8.72. The van der Waals surface area contributed by atoms with E-state index >= 15 is 4.39 Å². The Morgan fingerprint density at radius 1 is 1.15 bits per heavy atom. The monoisotopic (exact) mass is 452 g/mol. The van der Waals surface area contributed by atoms with Crippen LogP contribution in [-0.4, -0.2) is 41.3 Å². The molecule has 4 rings (SSSR count). The van der Waals surface area contributed by atoms with Crippen LogP contribution < -0.4 is 10.2 Å². The summed E-state index contributed by atoms with van der Waals surface area (Å²) in [6.45, 7) is 10.7. The SMILES string of the molecule is Cc1cc(-c2ccc(N3CC(C)OC(C)C3)c(F)c2CNC(=O)c2conc2C)cc(C)n1. The van der Waals surface area contributed by atoms with Crippen molar-refractivity contribution in [1.82, 2.24) is 15.5 Å². The number of halogens is 1. The standard InChI is InChI=1S/C25H29FN4O3/c1-14-8-19(9-15(2)28-14)20-6-7-23(30-11-16(3)33-17(4)12-30)24(26)21(20)10-27-25(31)22-13-32-29-18(22)5/h6-9,13,16-17H,10-12H2,1-5H3,(H,27,31). The fourth-order valence-corrected chi connectivity index (χ4v) is 4.44. The molecule has 2 atom stereocenters. The van der Waals surface area contributed by atoms with Crippen molar-refractivity contribution in [2.75, 3.05) is 18.0 Å². The summed E-state index contributed by atoms with van der Waals surface area (Å²) < 4.78 is 26.7. The molecular formula is C25H29FN4O3. The second kappa shape index (κ2) is 9.31. The normalized spacial score (nSPS) is 18.4. The summed E-state index contributed by atoms with van der Waals surface area (Å²) in [7, 11) is 0. The van der Waals surface area contributed by atoms with Crippen molar-refractivity contribution in [3.05, 3.63) is 64.6 Å². The number of carbonyl (C=O) groups is 1. The molecular weight excluding hydrogens is 423 g/mol. The van der Waals surface area contributed by atoms with Crippen molar-refractivity contribution in [3.8, 4) is 11.1 Å². The van der Waals surface area contributed by atoms with Crippen LogP contribution in [0, 0.1) is 26.6 Å². The summed E-state index contributed by atoms with van der Waals surface area (Å²) in [5.41, 5.74) is 5.03. The lowest BCUT2D eigenvalue weighted by Crippen LogP contribution is -2.46. The smallest absolute Gasteiger partial charge is 0.256 e. The van der Waals surface area contributed by atoms with Crippen molar-refractivity contribution in [2.24, 2.45) is 0 Å². The molecule has 7 nitrogen and oxygen atoms in total. The molecule has 1 aromatic carbocycles. The molecule has 1 aliphatic rings. The molecule has 1 aliphatic heterocycles. The number of aromatic nitrogens is 2. The van der Waals surface area contributed by atoms with Crippen LogP contribution >= 0.6 is 0 Å². The van der Waals surface area contributed by atoms with Gasteiger partial charge in [-0.25, -0.2) is 4.39 Å². The van der Waals surface area contributed by atoms with Crippen molar-refractivity contribution >= 4 is 11.6 Å². The van der Waals surface area contributed by atoms with Gasteiger partial charge in [0.1, 0.15) is 11.8 Å². The van der Waals surface area contributed by atoms with E-state index in [1.807, 2.05) is 56.9 Å². The number of hydrogen-bond acceptors (Lipinski definition) is 6. The average Bonchev–Trinajstić information content (AvgIpc) is 3.17. The van der Waals surface area contributed by atoms with Gasteiger partial charge in [-0.05, 0) is 63.9 Å². The van der Waals surface area contributed by atoms with Gasteiger partial charge in [0.25, 0.3) is 5.91 Å². The van der Waals surface area contributed by atoms with Gasteiger partial charge in [-0.1, -0.05) is 11.2 Å². The van der Waals surface area contributed by atoms with Crippen molar-refractivity contribution in [3.63, 3.8) is 0 Å². The molecule has 33 heavy (non-hydrogen) atoms. The minimum absolute atomic E-state index is 0.00181. The van der Waals surface area contributed by atoms with Gasteiger partial charge in [0.05, 0.1) is 23.6 Å².